The number of ether oxygens (including phenoxy) is 1. The number of rotatable bonds is 5. The van der Waals surface area contributed by atoms with E-state index in [0.29, 0.717) is 34.7 Å². The molecule has 4 aromatic rings. The molecule has 0 atom stereocenters. The fourth-order valence-corrected chi connectivity index (χ4v) is 3.28. The highest BCUT2D eigenvalue weighted by Crippen LogP contribution is 2.29. The molecule has 140 valence electrons. The van der Waals surface area contributed by atoms with Crippen molar-refractivity contribution in [3.8, 4) is 28.6 Å². The van der Waals surface area contributed by atoms with Gasteiger partial charge in [0.05, 0.1) is 5.02 Å². The lowest BCUT2D eigenvalue weighted by Crippen LogP contribution is -1.96. The molecule has 4 rings (SSSR count). The molecule has 0 unspecified atom stereocenters. The van der Waals surface area contributed by atoms with E-state index in [9.17, 15) is 4.39 Å². The van der Waals surface area contributed by atoms with Gasteiger partial charge in [-0.1, -0.05) is 44.8 Å². The van der Waals surface area contributed by atoms with E-state index < -0.39 is 0 Å². The van der Waals surface area contributed by atoms with Gasteiger partial charge in [-0.3, -0.25) is 0 Å². The average molecular weight is 460 g/mol. The Bertz CT molecular complexity index is 1100. The van der Waals surface area contributed by atoms with Crippen LogP contribution < -0.4 is 4.74 Å². The summed E-state index contributed by atoms with van der Waals surface area (Å²) >= 11 is 9.52. The van der Waals surface area contributed by atoms with E-state index in [4.69, 9.17) is 20.9 Å². The lowest BCUT2D eigenvalue weighted by Gasteiger charge is -2.08. The van der Waals surface area contributed by atoms with Gasteiger partial charge in [-0.15, -0.1) is 0 Å². The van der Waals surface area contributed by atoms with Gasteiger partial charge < -0.3 is 9.26 Å². The Morgan fingerprint density at radius 3 is 2.39 bits per heavy atom. The number of hydrogen-bond acceptors (Lipinski definition) is 4. The molecule has 0 amide bonds. The summed E-state index contributed by atoms with van der Waals surface area (Å²) in [5.41, 5.74) is 2.44. The van der Waals surface area contributed by atoms with Gasteiger partial charge in [0.25, 0.3) is 5.89 Å². The Morgan fingerprint density at radius 2 is 1.68 bits per heavy atom. The molecule has 7 heteroatoms. The molecule has 0 fully saturated rings. The second-order valence-corrected chi connectivity index (χ2v) is 7.31. The van der Waals surface area contributed by atoms with Crippen molar-refractivity contribution in [3.63, 3.8) is 0 Å². The number of halogens is 3. The van der Waals surface area contributed by atoms with E-state index >= 15 is 0 Å². The summed E-state index contributed by atoms with van der Waals surface area (Å²) in [7, 11) is 0. The number of aromatic nitrogens is 2. The highest BCUT2D eigenvalue weighted by molar-refractivity contribution is 9.10. The molecule has 0 spiro atoms. The van der Waals surface area contributed by atoms with Crippen LogP contribution in [0, 0.1) is 5.82 Å². The summed E-state index contributed by atoms with van der Waals surface area (Å²) in [6.45, 7) is 0.381. The van der Waals surface area contributed by atoms with Gasteiger partial charge in [0.15, 0.2) is 0 Å². The monoisotopic (exact) mass is 458 g/mol. The van der Waals surface area contributed by atoms with Crippen LogP contribution in [0.5, 0.6) is 5.75 Å². The predicted octanol–water partition coefficient (Wildman–Crippen LogP) is 6.54. The van der Waals surface area contributed by atoms with Crippen molar-refractivity contribution in [3.05, 3.63) is 87.6 Å². The molecule has 0 aliphatic rings. The molecule has 0 saturated carbocycles. The average Bonchev–Trinajstić information content (AvgIpc) is 3.18. The van der Waals surface area contributed by atoms with Crippen molar-refractivity contribution < 1.29 is 13.7 Å². The van der Waals surface area contributed by atoms with Crippen LogP contribution in [-0.4, -0.2) is 10.1 Å². The Hall–Kier alpha value is -2.70. The zero-order valence-corrected chi connectivity index (χ0v) is 16.7. The van der Waals surface area contributed by atoms with E-state index in [1.807, 2.05) is 36.4 Å². The first-order chi connectivity index (χ1) is 13.6. The van der Waals surface area contributed by atoms with E-state index in [-0.39, 0.29) is 5.82 Å². The Labute approximate surface area is 174 Å². The highest BCUT2D eigenvalue weighted by atomic mass is 79.9. The fourth-order valence-electron chi connectivity index (χ4n) is 2.55. The number of hydrogen-bond donors (Lipinski definition) is 0. The van der Waals surface area contributed by atoms with Crippen LogP contribution in [0.25, 0.3) is 22.8 Å². The lowest BCUT2D eigenvalue weighted by molar-refractivity contribution is 0.306. The summed E-state index contributed by atoms with van der Waals surface area (Å²) in [6, 6.07) is 19.0. The third-order valence-corrected chi connectivity index (χ3v) is 4.81. The largest absolute Gasteiger partial charge is 0.487 e. The third kappa shape index (κ3) is 4.24. The molecule has 0 N–H and O–H groups in total. The number of nitrogens with zero attached hydrogens (tertiary/aromatic N) is 2. The van der Waals surface area contributed by atoms with E-state index in [0.717, 1.165) is 15.6 Å². The molecule has 0 radical (unpaired) electrons. The van der Waals surface area contributed by atoms with Crippen LogP contribution in [0.3, 0.4) is 0 Å². The second kappa shape index (κ2) is 8.12. The molecule has 0 bridgehead atoms. The van der Waals surface area contributed by atoms with Crippen molar-refractivity contribution >= 4 is 27.5 Å². The molecule has 28 heavy (non-hydrogen) atoms. The quantitative estimate of drug-likeness (QED) is 0.340. The summed E-state index contributed by atoms with van der Waals surface area (Å²) in [6.07, 6.45) is 0. The summed E-state index contributed by atoms with van der Waals surface area (Å²) in [4.78, 5) is 4.37. The van der Waals surface area contributed by atoms with Crippen molar-refractivity contribution in [2.24, 2.45) is 0 Å². The summed E-state index contributed by atoms with van der Waals surface area (Å²) < 4.78 is 25.0. The number of benzene rings is 3. The zero-order chi connectivity index (χ0) is 19.5. The maximum absolute atomic E-state index is 13.0. The molecule has 1 heterocycles. The second-order valence-electron chi connectivity index (χ2n) is 5.99. The minimum atomic E-state index is -0.310. The standard InChI is InChI=1S/C21H13BrClFN2O2/c22-16-7-10-19(18(23)11-16)27-12-13-1-3-15(4-2-13)21-25-20(26-28-21)14-5-8-17(24)9-6-14/h1-11H,12H2. The van der Waals surface area contributed by atoms with Gasteiger partial charge >= 0.3 is 0 Å². The summed E-state index contributed by atoms with van der Waals surface area (Å²) in [5.74, 6) is 1.11. The molecule has 3 aromatic carbocycles. The Balaban J connectivity index is 1.45. The van der Waals surface area contributed by atoms with Gasteiger partial charge in [-0.05, 0) is 60.2 Å². The van der Waals surface area contributed by atoms with Crippen LogP contribution in [0.15, 0.2) is 75.7 Å². The van der Waals surface area contributed by atoms with E-state index in [2.05, 4.69) is 26.1 Å². The van der Waals surface area contributed by atoms with Gasteiger partial charge in [0, 0.05) is 15.6 Å². The molecule has 0 saturated heterocycles. The predicted molar refractivity (Wildman–Crippen MR) is 109 cm³/mol. The molecule has 0 aliphatic heterocycles. The van der Waals surface area contributed by atoms with Crippen molar-refractivity contribution in [2.75, 3.05) is 0 Å². The van der Waals surface area contributed by atoms with Crippen LogP contribution in [0.4, 0.5) is 4.39 Å². The smallest absolute Gasteiger partial charge is 0.258 e. The van der Waals surface area contributed by atoms with Gasteiger partial charge in [0.1, 0.15) is 18.2 Å². The van der Waals surface area contributed by atoms with Crippen LogP contribution in [0.1, 0.15) is 5.56 Å². The molecular formula is C21H13BrClFN2O2. The highest BCUT2D eigenvalue weighted by Gasteiger charge is 2.11. The lowest BCUT2D eigenvalue weighted by atomic mass is 10.1. The van der Waals surface area contributed by atoms with Crippen molar-refractivity contribution in [1.82, 2.24) is 10.1 Å². The van der Waals surface area contributed by atoms with Crippen LogP contribution >= 0.6 is 27.5 Å². The Kier molecular flexibility index (Phi) is 5.41. The minimum absolute atomic E-state index is 0.310. The first-order valence-electron chi connectivity index (χ1n) is 8.35. The first kappa shape index (κ1) is 18.7. The third-order valence-electron chi connectivity index (χ3n) is 4.02. The fraction of sp³-hybridized carbons (Fsp3) is 0.0476. The normalized spacial score (nSPS) is 10.8. The van der Waals surface area contributed by atoms with Gasteiger partial charge in [0.2, 0.25) is 5.82 Å². The van der Waals surface area contributed by atoms with Crippen molar-refractivity contribution in [2.45, 2.75) is 6.61 Å². The summed E-state index contributed by atoms with van der Waals surface area (Å²) in [5, 5.41) is 4.50. The molecule has 4 nitrogen and oxygen atoms in total. The molecule has 0 aliphatic carbocycles. The van der Waals surface area contributed by atoms with E-state index in [1.54, 1.807) is 18.2 Å². The molecule has 1 aromatic heterocycles. The van der Waals surface area contributed by atoms with Gasteiger partial charge in [-0.25, -0.2) is 4.39 Å². The SMILES string of the molecule is Fc1ccc(-c2noc(-c3ccc(COc4ccc(Br)cc4Cl)cc3)n2)cc1. The van der Waals surface area contributed by atoms with Gasteiger partial charge in [-0.2, -0.15) is 4.98 Å². The van der Waals surface area contributed by atoms with Crippen LogP contribution in [0.2, 0.25) is 5.02 Å². The van der Waals surface area contributed by atoms with Crippen molar-refractivity contribution in [1.29, 1.82) is 0 Å². The topological polar surface area (TPSA) is 48.2 Å². The Morgan fingerprint density at radius 1 is 0.964 bits per heavy atom. The maximum atomic E-state index is 13.0. The van der Waals surface area contributed by atoms with Crippen LogP contribution in [-0.2, 0) is 6.61 Å². The zero-order valence-electron chi connectivity index (χ0n) is 14.4. The maximum Gasteiger partial charge on any atom is 0.258 e. The van der Waals surface area contributed by atoms with E-state index in [1.165, 1.54) is 12.1 Å². The molecular weight excluding hydrogens is 447 g/mol. The minimum Gasteiger partial charge on any atom is -0.487 e. The first-order valence-corrected chi connectivity index (χ1v) is 9.52.